The van der Waals surface area contributed by atoms with Crippen molar-refractivity contribution in [3.63, 3.8) is 0 Å². The van der Waals surface area contributed by atoms with Gasteiger partial charge in [0, 0.05) is 22.3 Å². The highest BCUT2D eigenvalue weighted by Gasteiger charge is 2.52. The van der Waals surface area contributed by atoms with Crippen LogP contribution in [0.1, 0.15) is 36.5 Å². The van der Waals surface area contributed by atoms with Gasteiger partial charge in [-0.05, 0) is 74.2 Å². The Labute approximate surface area is 232 Å². The van der Waals surface area contributed by atoms with Crippen LogP contribution < -0.4 is 5.32 Å². The quantitative estimate of drug-likeness (QED) is 0.312. The van der Waals surface area contributed by atoms with Gasteiger partial charge in [-0.15, -0.1) is 0 Å². The van der Waals surface area contributed by atoms with E-state index >= 15 is 0 Å². The molecule has 1 aliphatic carbocycles. The predicted octanol–water partition coefficient (Wildman–Crippen LogP) is 5.73. The van der Waals surface area contributed by atoms with Crippen molar-refractivity contribution in [3.05, 3.63) is 93.5 Å². The van der Waals surface area contributed by atoms with Crippen LogP contribution in [0.2, 0.25) is 10.0 Å². The maximum absolute atomic E-state index is 13.5. The predicted molar refractivity (Wildman–Crippen MR) is 148 cm³/mol. The summed E-state index contributed by atoms with van der Waals surface area (Å²) in [6.07, 6.45) is 1.44. The van der Waals surface area contributed by atoms with E-state index in [0.29, 0.717) is 27.9 Å². The summed E-state index contributed by atoms with van der Waals surface area (Å²) in [4.78, 5) is 25.5. The van der Waals surface area contributed by atoms with Gasteiger partial charge in [0.05, 0.1) is 23.5 Å². The van der Waals surface area contributed by atoms with E-state index in [9.17, 15) is 18.0 Å². The number of nitrogens with zero attached hydrogens (tertiary/aromatic N) is 1. The maximum Gasteiger partial charge on any atom is 0.316 e. The topological polar surface area (TPSA) is 92.8 Å². The van der Waals surface area contributed by atoms with E-state index in [-0.39, 0.29) is 17.4 Å². The minimum Gasteiger partial charge on any atom is -0.465 e. The molecular weight excluding hydrogens is 547 g/mol. The Morgan fingerprint density at radius 2 is 1.66 bits per heavy atom. The Morgan fingerprint density at radius 3 is 2.24 bits per heavy atom. The van der Waals surface area contributed by atoms with Gasteiger partial charge in [-0.1, -0.05) is 59.1 Å². The van der Waals surface area contributed by atoms with E-state index < -0.39 is 27.9 Å². The second-order valence-corrected chi connectivity index (χ2v) is 12.0. The number of rotatable bonds is 10. The number of benzene rings is 3. The summed E-state index contributed by atoms with van der Waals surface area (Å²) in [5.74, 6) is -0.764. The number of amides is 1. The molecule has 1 saturated carbocycles. The molecule has 7 nitrogen and oxygen atoms in total. The maximum atomic E-state index is 13.5. The van der Waals surface area contributed by atoms with Crippen LogP contribution in [-0.2, 0) is 36.3 Å². The van der Waals surface area contributed by atoms with Gasteiger partial charge in [0.1, 0.15) is 0 Å². The molecule has 0 aromatic heterocycles. The summed E-state index contributed by atoms with van der Waals surface area (Å²) in [7, 11) is -4.03. The summed E-state index contributed by atoms with van der Waals surface area (Å²) >= 11 is 12.3. The van der Waals surface area contributed by atoms with Crippen molar-refractivity contribution in [2.75, 3.05) is 18.5 Å². The van der Waals surface area contributed by atoms with E-state index in [1.54, 1.807) is 55.5 Å². The Hall–Kier alpha value is -2.91. The van der Waals surface area contributed by atoms with Gasteiger partial charge in [0.25, 0.3) is 0 Å². The number of carbonyl (C=O) groups excluding carboxylic acids is 2. The highest BCUT2D eigenvalue weighted by Crippen LogP contribution is 2.49. The van der Waals surface area contributed by atoms with Crippen LogP contribution in [0.5, 0.6) is 0 Å². The summed E-state index contributed by atoms with van der Waals surface area (Å²) < 4.78 is 33.3. The van der Waals surface area contributed by atoms with Gasteiger partial charge in [-0.2, -0.15) is 4.31 Å². The van der Waals surface area contributed by atoms with Gasteiger partial charge in [-0.25, -0.2) is 8.42 Å². The molecule has 200 valence electrons. The van der Waals surface area contributed by atoms with E-state index in [2.05, 4.69) is 5.32 Å². The number of carbonyl (C=O) groups is 2. The first kappa shape index (κ1) is 28.1. The Bertz CT molecular complexity index is 1440. The summed E-state index contributed by atoms with van der Waals surface area (Å²) in [6, 6.07) is 18.2. The fourth-order valence-corrected chi connectivity index (χ4v) is 6.01. The van der Waals surface area contributed by atoms with Crippen LogP contribution in [0.15, 0.2) is 71.6 Å². The molecule has 3 aromatic carbocycles. The largest absolute Gasteiger partial charge is 0.465 e. The lowest BCUT2D eigenvalue weighted by molar-refractivity contribution is -0.146. The number of esters is 1. The number of hydrogen-bond donors (Lipinski definition) is 1. The molecule has 3 aromatic rings. The molecule has 38 heavy (non-hydrogen) atoms. The van der Waals surface area contributed by atoms with Crippen molar-refractivity contribution in [1.82, 2.24) is 4.31 Å². The fourth-order valence-electron chi connectivity index (χ4n) is 4.16. The van der Waals surface area contributed by atoms with Gasteiger partial charge < -0.3 is 10.1 Å². The molecule has 1 aliphatic rings. The standard InChI is InChI=1S/C28H28Cl2N2O5S/c1-3-37-27(34)28(14-15-28)21-7-10-23(11-8-21)31-26(33)18-32(17-20-6-9-22(29)16-25(20)30)38(35,36)24-12-4-19(2)5-13-24/h4-13,16H,3,14-15,17-18H2,1-2H3,(H,31,33). The van der Waals surface area contributed by atoms with Crippen LogP contribution in [0.4, 0.5) is 5.69 Å². The molecule has 4 rings (SSSR count). The first-order chi connectivity index (χ1) is 18.0. The number of nitrogens with one attached hydrogen (secondary N) is 1. The van der Waals surface area contributed by atoms with Gasteiger partial charge >= 0.3 is 5.97 Å². The Morgan fingerprint density at radius 1 is 1.00 bits per heavy atom. The lowest BCUT2D eigenvalue weighted by atomic mass is 9.96. The number of halogens is 2. The van der Waals surface area contributed by atoms with Crippen molar-refractivity contribution in [1.29, 1.82) is 0 Å². The lowest BCUT2D eigenvalue weighted by Gasteiger charge is -2.23. The van der Waals surface area contributed by atoms with Crippen LogP contribution in [0.25, 0.3) is 0 Å². The molecule has 0 spiro atoms. The molecule has 0 saturated heterocycles. The van der Waals surface area contributed by atoms with Gasteiger partial charge in [-0.3, -0.25) is 9.59 Å². The second-order valence-electron chi connectivity index (χ2n) is 9.25. The van der Waals surface area contributed by atoms with Crippen molar-refractivity contribution in [2.45, 2.75) is 43.5 Å². The number of hydrogen-bond acceptors (Lipinski definition) is 5. The molecule has 1 amide bonds. The molecule has 10 heteroatoms. The van der Waals surface area contributed by atoms with Crippen LogP contribution >= 0.6 is 23.2 Å². The molecule has 0 unspecified atom stereocenters. The third-order valence-corrected chi connectivity index (χ3v) is 8.87. The first-order valence-electron chi connectivity index (χ1n) is 12.1. The second kappa shape index (κ2) is 11.5. The van der Waals surface area contributed by atoms with E-state index in [1.165, 1.54) is 18.2 Å². The third-order valence-electron chi connectivity index (χ3n) is 6.48. The van der Waals surface area contributed by atoms with E-state index in [4.69, 9.17) is 27.9 Å². The summed E-state index contributed by atoms with van der Waals surface area (Å²) in [5.41, 5.74) is 2.12. The van der Waals surface area contributed by atoms with Crippen LogP contribution in [0.3, 0.4) is 0 Å². The minimum absolute atomic E-state index is 0.0686. The molecule has 0 aliphatic heterocycles. The molecule has 0 radical (unpaired) electrons. The van der Waals surface area contributed by atoms with Crippen molar-refractivity contribution < 1.29 is 22.7 Å². The van der Waals surface area contributed by atoms with Gasteiger partial charge in [0.2, 0.25) is 15.9 Å². The average molecular weight is 576 g/mol. The van der Waals surface area contributed by atoms with E-state index in [0.717, 1.165) is 28.3 Å². The van der Waals surface area contributed by atoms with E-state index in [1.807, 2.05) is 6.92 Å². The highest BCUT2D eigenvalue weighted by atomic mass is 35.5. The minimum atomic E-state index is -4.03. The zero-order valence-corrected chi connectivity index (χ0v) is 23.4. The number of ether oxygens (including phenoxy) is 1. The Balaban J connectivity index is 1.53. The third kappa shape index (κ3) is 6.21. The first-order valence-corrected chi connectivity index (χ1v) is 14.3. The zero-order chi connectivity index (χ0) is 27.5. The molecular formula is C28H28Cl2N2O5S. The van der Waals surface area contributed by atoms with Crippen LogP contribution in [0, 0.1) is 6.92 Å². The van der Waals surface area contributed by atoms with Crippen molar-refractivity contribution in [2.24, 2.45) is 0 Å². The van der Waals surface area contributed by atoms with Crippen molar-refractivity contribution in [3.8, 4) is 0 Å². The molecule has 0 bridgehead atoms. The molecule has 0 heterocycles. The average Bonchev–Trinajstić information content (AvgIpc) is 3.68. The van der Waals surface area contributed by atoms with Gasteiger partial charge in [0.15, 0.2) is 0 Å². The number of aryl methyl sites for hydroxylation is 1. The summed E-state index contributed by atoms with van der Waals surface area (Å²) in [6.45, 7) is 3.39. The van der Waals surface area contributed by atoms with Crippen LogP contribution in [-0.4, -0.2) is 37.8 Å². The smallest absolute Gasteiger partial charge is 0.316 e. The molecule has 1 fully saturated rings. The number of anilines is 1. The lowest BCUT2D eigenvalue weighted by Crippen LogP contribution is -2.37. The Kier molecular flexibility index (Phi) is 8.47. The number of sulfonamides is 1. The SMILES string of the molecule is CCOC(=O)C1(c2ccc(NC(=O)CN(Cc3ccc(Cl)cc3Cl)S(=O)(=O)c3ccc(C)cc3)cc2)CC1. The summed E-state index contributed by atoms with van der Waals surface area (Å²) in [5, 5.41) is 3.47. The monoisotopic (exact) mass is 574 g/mol. The highest BCUT2D eigenvalue weighted by molar-refractivity contribution is 7.89. The molecule has 0 atom stereocenters. The zero-order valence-electron chi connectivity index (χ0n) is 21.0. The van der Waals surface area contributed by atoms with Crippen molar-refractivity contribution >= 4 is 50.8 Å². The molecule has 1 N–H and O–H groups in total. The normalized spacial score (nSPS) is 14.2. The fraction of sp³-hybridized carbons (Fsp3) is 0.286.